The maximum Gasteiger partial charge on any atom is 0.319 e. The number of aliphatic hydroxyl groups excluding tert-OH is 2. The van der Waals surface area contributed by atoms with Gasteiger partial charge >= 0.3 is 10.0 Å². The van der Waals surface area contributed by atoms with Crippen molar-refractivity contribution in [3.05, 3.63) is 152 Å². The minimum absolute atomic E-state index is 0. The van der Waals surface area contributed by atoms with Gasteiger partial charge < -0.3 is 35.3 Å². The van der Waals surface area contributed by atoms with Crippen molar-refractivity contribution in [1.29, 1.82) is 0 Å². The van der Waals surface area contributed by atoms with Crippen LogP contribution in [-0.2, 0) is 31.8 Å². The summed E-state index contributed by atoms with van der Waals surface area (Å²) in [5.74, 6) is -1.85. The molecule has 1 aliphatic heterocycles. The normalized spacial score (nSPS) is 18.4. The molecule has 4 aromatic rings. The van der Waals surface area contributed by atoms with Gasteiger partial charge in [-0.15, -0.1) is 0 Å². The van der Waals surface area contributed by atoms with E-state index in [9.17, 15) is 40.0 Å². The van der Waals surface area contributed by atoms with E-state index in [1.54, 1.807) is 0 Å². The molecule has 2 aromatic carbocycles. The van der Waals surface area contributed by atoms with Crippen molar-refractivity contribution in [3.63, 3.8) is 0 Å². The number of para-hydroxylation sites is 1. The molecule has 0 spiro atoms. The number of nitrogens with zero attached hydrogens (tertiary/aromatic N) is 10. The van der Waals surface area contributed by atoms with Gasteiger partial charge in [-0.1, -0.05) is 93.0 Å². The number of anilines is 1. The molecule has 0 saturated heterocycles. The molecule has 18 nitrogen and oxygen atoms in total. The van der Waals surface area contributed by atoms with E-state index in [0.717, 1.165) is 83.4 Å². The van der Waals surface area contributed by atoms with Gasteiger partial charge in [-0.2, -0.15) is 4.58 Å². The molecule has 3 aliphatic rings. The molecular formula is C42H38BrCl2CoN10O8S2-. The van der Waals surface area contributed by atoms with Crippen molar-refractivity contribution in [1.82, 2.24) is 9.97 Å². The Kier molecular flexibility index (Phi) is 18.8. The zero-order valence-electron chi connectivity index (χ0n) is 35.4. The maximum absolute atomic E-state index is 11.1. The number of aromatic nitrogens is 2. The fourth-order valence-corrected chi connectivity index (χ4v) is 8.26. The summed E-state index contributed by atoms with van der Waals surface area (Å²) in [6.45, 7) is 11.1. The largest absolute Gasteiger partial charge is 0.506 e. The van der Waals surface area contributed by atoms with E-state index in [1.807, 2.05) is 0 Å². The number of ketones is 2. The monoisotopic (exact) mass is 1080 g/mol. The Bertz CT molecular complexity index is 2840. The first kappa shape index (κ1) is 52.7. The number of rotatable bonds is 10. The molecular weight excluding hydrogens is 1050 g/mol. The fourth-order valence-electron chi connectivity index (χ4n) is 6.34. The molecule has 24 heteroatoms. The van der Waals surface area contributed by atoms with Crippen molar-refractivity contribution in [3.8, 4) is 0 Å². The summed E-state index contributed by atoms with van der Waals surface area (Å²) in [4.78, 5) is 51.6. The van der Waals surface area contributed by atoms with Crippen molar-refractivity contribution >= 4 is 118 Å². The van der Waals surface area contributed by atoms with Crippen molar-refractivity contribution < 1.29 is 51.0 Å². The third kappa shape index (κ3) is 12.7. The van der Waals surface area contributed by atoms with Gasteiger partial charge in [0.05, 0.1) is 25.3 Å². The zero-order chi connectivity index (χ0) is 47.6. The van der Waals surface area contributed by atoms with E-state index in [2.05, 4.69) is 145 Å². The van der Waals surface area contributed by atoms with Crippen LogP contribution in [0.25, 0.3) is 6.08 Å². The molecule has 66 heavy (non-hydrogen) atoms. The van der Waals surface area contributed by atoms with Gasteiger partial charge in [-0.25, -0.2) is 0 Å². The Morgan fingerprint density at radius 1 is 0.818 bits per heavy atom. The number of benzene rings is 2. The van der Waals surface area contributed by atoms with Crippen LogP contribution in [0.5, 0.6) is 0 Å². The topological polar surface area (TPSA) is 245 Å². The number of aliphatic hydroxyl groups is 2. The third-order valence-corrected chi connectivity index (χ3v) is 12.8. The summed E-state index contributed by atoms with van der Waals surface area (Å²) in [6.07, 6.45) is 11.8. The molecule has 0 fully saturated rings. The number of nitro groups is 2. The average Bonchev–Trinajstić information content (AvgIpc) is 4.02. The first-order chi connectivity index (χ1) is 30.9. The molecule has 2 aromatic heterocycles. The van der Waals surface area contributed by atoms with E-state index in [4.69, 9.17) is 23.2 Å². The number of carbonyl (C=O) groups excluding carboxylic acids is 2. The second kappa shape index (κ2) is 23.5. The maximum atomic E-state index is 11.1. The van der Waals surface area contributed by atoms with Crippen LogP contribution in [0, 0.1) is 20.2 Å². The molecule has 7 rings (SSSR count). The van der Waals surface area contributed by atoms with Crippen molar-refractivity contribution in [2.45, 2.75) is 39.5 Å². The number of fused-ring (bicyclic) bond motifs is 1. The second-order valence-corrected chi connectivity index (χ2v) is 17.4. The summed E-state index contributed by atoms with van der Waals surface area (Å²) >= 11 is 16.4. The Morgan fingerprint density at radius 3 is 1.76 bits per heavy atom. The molecule has 1 radical (unpaired) electrons. The van der Waals surface area contributed by atoms with Gasteiger partial charge in [0.2, 0.25) is 17.3 Å². The van der Waals surface area contributed by atoms with Crippen LogP contribution in [0.2, 0.25) is 0 Å². The van der Waals surface area contributed by atoms with E-state index in [1.165, 1.54) is 28.2 Å². The second-order valence-electron chi connectivity index (χ2n) is 13.8. The fraction of sp³-hybridized carbons (Fsp3) is 0.214. The minimum Gasteiger partial charge on any atom is -0.506 e. The SMILES string of the molecule is CCN(CC)c1ccc(/C=C/C2=[N+](C)c3ccccc3C2(C)CC)c(Br)c1.O=C1C=C(O)C(=NN=c2[n-]cc([N+](=O)[O-])s2)C=C1Cl.O=C1C=C(O)C(=NN=c2[n-]cc([N+](=O)[O-])s2)C=C1Cl.[Co]. The molecule has 1 unspecified atom stereocenters. The van der Waals surface area contributed by atoms with Gasteiger partial charge in [0.1, 0.15) is 30.0 Å². The Morgan fingerprint density at radius 2 is 1.32 bits per heavy atom. The van der Waals surface area contributed by atoms with E-state index >= 15 is 0 Å². The van der Waals surface area contributed by atoms with Gasteiger partial charge in [0.25, 0.3) is 0 Å². The first-order valence-electron chi connectivity index (χ1n) is 19.3. The number of hydrogen-bond donors (Lipinski definition) is 2. The van der Waals surface area contributed by atoms with Crippen molar-refractivity contribution in [2.24, 2.45) is 20.4 Å². The van der Waals surface area contributed by atoms with Crippen LogP contribution in [0.3, 0.4) is 0 Å². The number of halogens is 3. The quantitative estimate of drug-likeness (QED) is 0.0660. The standard InChI is InChI=1S/C24H30BrN2.2C9H5ClN4O4S.Co/c1-6-24(4)20-11-9-10-12-22(20)26(5)23(24)16-14-18-13-15-19(17-21(18)25)27(7-2)8-3;2*10-4-1-5(7(16)2-6(4)15)12-13-9-11-3-8(19-9)14(17)18;/h9-17H,6-8H2,1-5H3;2*1-3H,(H2,11,13,15,16);/q+1;;;/p-2. The van der Waals surface area contributed by atoms with Crippen LogP contribution < -0.4 is 24.5 Å². The number of hydrogen-bond acceptors (Lipinski definition) is 15. The summed E-state index contributed by atoms with van der Waals surface area (Å²) in [5, 5.41) is 53.7. The number of carbonyl (C=O) groups is 2. The smallest absolute Gasteiger partial charge is 0.319 e. The van der Waals surface area contributed by atoms with Gasteiger partial charge in [-0.3, -0.25) is 40.0 Å². The van der Waals surface area contributed by atoms with E-state index in [0.29, 0.717) is 0 Å². The van der Waals surface area contributed by atoms with Gasteiger partial charge in [-0.05, 0) is 63.1 Å². The van der Waals surface area contributed by atoms with E-state index in [-0.39, 0.29) is 74.8 Å². The Balaban J connectivity index is 0.000000220. The summed E-state index contributed by atoms with van der Waals surface area (Å²) < 4.78 is 3.48. The molecule has 1 atom stereocenters. The number of allylic oxidation sites excluding steroid dienone is 7. The van der Waals surface area contributed by atoms with Gasteiger partial charge in [0, 0.05) is 91.9 Å². The summed E-state index contributed by atoms with van der Waals surface area (Å²) in [6, 6.07) is 15.4. The average molecular weight is 1080 g/mol. The predicted octanol–water partition coefficient (Wildman–Crippen LogP) is 8.44. The molecule has 0 bridgehead atoms. The third-order valence-electron chi connectivity index (χ3n) is 9.89. The number of thiazole rings is 2. The van der Waals surface area contributed by atoms with Gasteiger partial charge in [0.15, 0.2) is 5.71 Å². The predicted molar refractivity (Wildman–Crippen MR) is 256 cm³/mol. The van der Waals surface area contributed by atoms with Crippen LogP contribution in [0.15, 0.2) is 132 Å². The molecule has 0 saturated carbocycles. The molecule has 3 heterocycles. The summed E-state index contributed by atoms with van der Waals surface area (Å²) in [5.41, 5.74) is 6.57. The first-order valence-corrected chi connectivity index (χ1v) is 22.4. The summed E-state index contributed by atoms with van der Waals surface area (Å²) in [7, 11) is 2.18. The Labute approximate surface area is 413 Å². The molecule has 2 aliphatic carbocycles. The van der Waals surface area contributed by atoms with Crippen LogP contribution in [-0.4, -0.2) is 73.5 Å². The zero-order valence-corrected chi connectivity index (χ0v) is 41.2. The van der Waals surface area contributed by atoms with Crippen LogP contribution in [0.4, 0.5) is 21.4 Å². The molecule has 347 valence electrons. The molecule has 0 amide bonds. The van der Waals surface area contributed by atoms with Crippen LogP contribution in [0.1, 0.15) is 45.2 Å². The minimum atomic E-state index is -0.600. The van der Waals surface area contributed by atoms with Crippen molar-refractivity contribution in [2.75, 3.05) is 25.0 Å². The van der Waals surface area contributed by atoms with Crippen LogP contribution >= 0.6 is 61.8 Å². The molecule has 2 N–H and O–H groups in total. The van der Waals surface area contributed by atoms with E-state index < -0.39 is 21.4 Å². The Hall–Kier alpha value is -5.88.